The molecule has 16 heavy (non-hydrogen) atoms. The predicted molar refractivity (Wildman–Crippen MR) is 70.5 cm³/mol. The van der Waals surface area contributed by atoms with Crippen molar-refractivity contribution in [3.05, 3.63) is 0 Å². The van der Waals surface area contributed by atoms with Crippen molar-refractivity contribution in [3.8, 4) is 0 Å². The number of hydrogen-bond acceptors (Lipinski definition) is 3. The van der Waals surface area contributed by atoms with Crippen LogP contribution in [0.3, 0.4) is 0 Å². The Hall–Kier alpha value is -0.220. The molecular formula is C12H24N2OS. The summed E-state index contributed by atoms with van der Waals surface area (Å²) in [5, 5.41) is 0. The molecule has 3 nitrogen and oxygen atoms in total. The van der Waals surface area contributed by atoms with Gasteiger partial charge in [0.2, 0.25) is 5.91 Å². The van der Waals surface area contributed by atoms with Crippen molar-refractivity contribution in [1.29, 1.82) is 0 Å². The first kappa shape index (κ1) is 13.8. The first-order valence-electron chi connectivity index (χ1n) is 6.19. The molecule has 0 radical (unpaired) electrons. The lowest BCUT2D eigenvalue weighted by atomic mass is 10.0. The van der Waals surface area contributed by atoms with E-state index in [1.807, 2.05) is 4.90 Å². The van der Waals surface area contributed by atoms with Crippen LogP contribution in [-0.4, -0.2) is 41.9 Å². The second-order valence-corrected chi connectivity index (χ2v) is 5.97. The molecule has 0 aromatic heterocycles. The minimum Gasteiger partial charge on any atom is -0.342 e. The predicted octanol–water partition coefficient (Wildman–Crippen LogP) is 1.57. The maximum Gasteiger partial charge on any atom is 0.232 e. The summed E-state index contributed by atoms with van der Waals surface area (Å²) >= 11 is 1.72. The molecule has 1 aliphatic heterocycles. The molecule has 0 aromatic carbocycles. The highest BCUT2D eigenvalue weighted by Crippen LogP contribution is 2.17. The summed E-state index contributed by atoms with van der Waals surface area (Å²) in [5.41, 5.74) is 5.54. The van der Waals surface area contributed by atoms with Crippen molar-refractivity contribution < 1.29 is 4.79 Å². The largest absolute Gasteiger partial charge is 0.342 e. The van der Waals surface area contributed by atoms with Crippen molar-refractivity contribution >= 4 is 17.7 Å². The summed E-state index contributed by atoms with van der Waals surface area (Å²) in [6, 6.07) is 0. The quantitative estimate of drug-likeness (QED) is 0.798. The number of carbonyl (C=O) groups is 1. The molecule has 2 N–H and O–H groups in total. The number of amides is 1. The van der Waals surface area contributed by atoms with E-state index in [0.717, 1.165) is 25.3 Å². The minimum atomic E-state index is 0.306. The number of nitrogens with two attached hydrogens (primary N) is 1. The molecule has 2 atom stereocenters. The molecule has 0 bridgehead atoms. The van der Waals surface area contributed by atoms with E-state index in [9.17, 15) is 4.79 Å². The third-order valence-electron chi connectivity index (χ3n) is 3.04. The molecule has 2 unspecified atom stereocenters. The van der Waals surface area contributed by atoms with Crippen LogP contribution in [0.25, 0.3) is 0 Å². The molecule has 0 spiro atoms. The number of likely N-dealkylation sites (tertiary alicyclic amines) is 1. The van der Waals surface area contributed by atoms with Gasteiger partial charge in [0, 0.05) is 13.1 Å². The summed E-state index contributed by atoms with van der Waals surface area (Å²) < 4.78 is 0. The Morgan fingerprint density at radius 1 is 1.62 bits per heavy atom. The van der Waals surface area contributed by atoms with Gasteiger partial charge < -0.3 is 10.6 Å². The van der Waals surface area contributed by atoms with Crippen LogP contribution in [0, 0.1) is 11.8 Å². The lowest BCUT2D eigenvalue weighted by Gasteiger charge is -2.31. The van der Waals surface area contributed by atoms with E-state index in [1.165, 1.54) is 6.42 Å². The van der Waals surface area contributed by atoms with Gasteiger partial charge in [-0.2, -0.15) is 11.8 Å². The van der Waals surface area contributed by atoms with Gasteiger partial charge in [0.1, 0.15) is 0 Å². The van der Waals surface area contributed by atoms with Crippen molar-refractivity contribution in [1.82, 2.24) is 4.90 Å². The first-order valence-corrected chi connectivity index (χ1v) is 7.34. The molecule has 1 amide bonds. The van der Waals surface area contributed by atoms with E-state index in [2.05, 4.69) is 13.8 Å². The van der Waals surface area contributed by atoms with Gasteiger partial charge in [-0.15, -0.1) is 0 Å². The number of carbonyl (C=O) groups excluding carboxylic acids is 1. The maximum atomic E-state index is 11.9. The van der Waals surface area contributed by atoms with Crippen LogP contribution < -0.4 is 5.73 Å². The highest BCUT2D eigenvalue weighted by Gasteiger charge is 2.20. The third kappa shape index (κ3) is 4.74. The van der Waals surface area contributed by atoms with Crippen LogP contribution in [0.15, 0.2) is 0 Å². The van der Waals surface area contributed by atoms with E-state index >= 15 is 0 Å². The fraction of sp³-hybridized carbons (Fsp3) is 0.917. The zero-order valence-electron chi connectivity index (χ0n) is 10.4. The Kier molecular flexibility index (Phi) is 6.21. The fourth-order valence-corrected chi connectivity index (χ4v) is 2.94. The van der Waals surface area contributed by atoms with Crippen molar-refractivity contribution in [3.63, 3.8) is 0 Å². The van der Waals surface area contributed by atoms with Gasteiger partial charge in [-0.05, 0) is 37.0 Å². The van der Waals surface area contributed by atoms with Gasteiger partial charge in [0.05, 0.1) is 5.75 Å². The van der Waals surface area contributed by atoms with Crippen LogP contribution >= 0.6 is 11.8 Å². The van der Waals surface area contributed by atoms with Crippen molar-refractivity contribution in [2.24, 2.45) is 17.6 Å². The second kappa shape index (κ2) is 7.17. The van der Waals surface area contributed by atoms with E-state index in [4.69, 9.17) is 5.73 Å². The van der Waals surface area contributed by atoms with Crippen LogP contribution in [0.4, 0.5) is 0 Å². The van der Waals surface area contributed by atoms with Gasteiger partial charge >= 0.3 is 0 Å². The van der Waals surface area contributed by atoms with Gasteiger partial charge in [-0.3, -0.25) is 4.79 Å². The van der Waals surface area contributed by atoms with Gasteiger partial charge in [-0.1, -0.05) is 13.8 Å². The number of nitrogens with zero attached hydrogens (tertiary/aromatic N) is 1. The summed E-state index contributed by atoms with van der Waals surface area (Å²) in [6.45, 7) is 6.97. The first-order chi connectivity index (χ1) is 7.63. The van der Waals surface area contributed by atoms with Crippen LogP contribution in [0.2, 0.25) is 0 Å². The van der Waals surface area contributed by atoms with Crippen LogP contribution in [0.5, 0.6) is 0 Å². The van der Waals surface area contributed by atoms with E-state index < -0.39 is 0 Å². The molecule has 1 heterocycles. The van der Waals surface area contributed by atoms with E-state index in [0.29, 0.717) is 30.0 Å². The van der Waals surface area contributed by atoms with Crippen molar-refractivity contribution in [2.45, 2.75) is 26.7 Å². The molecule has 1 saturated heterocycles. The van der Waals surface area contributed by atoms with Crippen LogP contribution in [0.1, 0.15) is 26.7 Å². The van der Waals surface area contributed by atoms with Gasteiger partial charge in [0.25, 0.3) is 0 Å². The summed E-state index contributed by atoms with van der Waals surface area (Å²) in [4.78, 5) is 13.9. The zero-order valence-corrected chi connectivity index (χ0v) is 11.3. The molecule has 0 aromatic rings. The highest BCUT2D eigenvalue weighted by atomic mass is 32.2. The van der Waals surface area contributed by atoms with E-state index in [-0.39, 0.29) is 0 Å². The Balaban J connectivity index is 2.19. The molecule has 4 heteroatoms. The average molecular weight is 244 g/mol. The molecular weight excluding hydrogens is 220 g/mol. The van der Waals surface area contributed by atoms with E-state index in [1.54, 1.807) is 11.8 Å². The minimum absolute atomic E-state index is 0.306. The standard InChI is InChI=1S/C12H24N2OS/c1-10-4-3-5-14(7-10)12(15)9-16-8-11(2)6-13/h10-11H,3-9,13H2,1-2H3. The second-order valence-electron chi connectivity index (χ2n) is 4.94. The Morgan fingerprint density at radius 3 is 3.00 bits per heavy atom. The number of thioether (sulfide) groups is 1. The SMILES string of the molecule is CC(CN)CSCC(=O)N1CCCC(C)C1. The third-order valence-corrected chi connectivity index (χ3v) is 4.30. The average Bonchev–Trinajstić information content (AvgIpc) is 2.28. The summed E-state index contributed by atoms with van der Waals surface area (Å²) in [6.07, 6.45) is 2.43. The number of piperidine rings is 1. The lowest BCUT2D eigenvalue weighted by molar-refractivity contribution is -0.130. The topological polar surface area (TPSA) is 46.3 Å². The normalized spacial score (nSPS) is 23.2. The summed E-state index contributed by atoms with van der Waals surface area (Å²) in [7, 11) is 0. The molecule has 0 aliphatic carbocycles. The number of hydrogen-bond donors (Lipinski definition) is 1. The molecule has 1 aliphatic rings. The molecule has 94 valence electrons. The molecule has 1 fully saturated rings. The monoisotopic (exact) mass is 244 g/mol. The zero-order chi connectivity index (χ0) is 12.0. The maximum absolute atomic E-state index is 11.9. The van der Waals surface area contributed by atoms with Crippen molar-refractivity contribution in [2.75, 3.05) is 31.1 Å². The smallest absolute Gasteiger partial charge is 0.232 e. The number of rotatable bonds is 5. The summed E-state index contributed by atoms with van der Waals surface area (Å²) in [5.74, 6) is 3.10. The highest BCUT2D eigenvalue weighted by molar-refractivity contribution is 7.99. The lowest BCUT2D eigenvalue weighted by Crippen LogP contribution is -2.40. The molecule has 0 saturated carbocycles. The van der Waals surface area contributed by atoms with Gasteiger partial charge in [-0.25, -0.2) is 0 Å². The molecule has 1 rings (SSSR count). The van der Waals surface area contributed by atoms with Crippen LogP contribution in [-0.2, 0) is 4.79 Å². The Bertz CT molecular complexity index is 223. The van der Waals surface area contributed by atoms with Gasteiger partial charge in [0.15, 0.2) is 0 Å². The fourth-order valence-electron chi connectivity index (χ4n) is 1.92. The Labute approximate surface area is 103 Å². The Morgan fingerprint density at radius 2 is 2.38 bits per heavy atom.